The van der Waals surface area contributed by atoms with Gasteiger partial charge in [0.1, 0.15) is 5.76 Å². The molecule has 0 bridgehead atoms. The first-order chi connectivity index (χ1) is 11.0. The summed E-state index contributed by atoms with van der Waals surface area (Å²) in [5, 5.41) is 18.4. The van der Waals surface area contributed by atoms with Crippen molar-refractivity contribution in [1.82, 2.24) is 20.3 Å². The van der Waals surface area contributed by atoms with Crippen molar-refractivity contribution >= 4 is 34.9 Å². The fourth-order valence-electron chi connectivity index (χ4n) is 2.16. The molecule has 0 fully saturated rings. The second-order valence-corrected chi connectivity index (χ2v) is 5.58. The number of aryl methyl sites for hydroxylation is 3. The van der Waals surface area contributed by atoms with Crippen LogP contribution in [-0.2, 0) is 0 Å². The Morgan fingerprint density at radius 3 is 2.57 bits per heavy atom. The molecule has 0 aliphatic carbocycles. The minimum Gasteiger partial charge on any atom is -0.360 e. The average Bonchev–Trinajstić information content (AvgIpc) is 2.88. The zero-order valence-electron chi connectivity index (χ0n) is 12.9. The number of aromatic nitrogens is 4. The molecule has 0 radical (unpaired) electrons. The third kappa shape index (κ3) is 3.57. The highest BCUT2D eigenvalue weighted by molar-refractivity contribution is 6.33. The highest BCUT2D eigenvalue weighted by Gasteiger charge is 2.09. The van der Waals surface area contributed by atoms with Crippen LogP contribution in [0.15, 0.2) is 28.9 Å². The van der Waals surface area contributed by atoms with E-state index in [4.69, 9.17) is 16.1 Å². The lowest BCUT2D eigenvalue weighted by Gasteiger charge is -2.11. The first-order valence-corrected chi connectivity index (χ1v) is 7.33. The first-order valence-electron chi connectivity index (χ1n) is 6.95. The molecular weight excluding hydrogens is 316 g/mol. The third-order valence-electron chi connectivity index (χ3n) is 3.11. The molecule has 2 heterocycles. The molecule has 8 heteroatoms. The molecule has 0 aliphatic rings. The minimum absolute atomic E-state index is 0.337. The van der Waals surface area contributed by atoms with Gasteiger partial charge in [0.15, 0.2) is 11.6 Å². The maximum atomic E-state index is 6.28. The summed E-state index contributed by atoms with van der Waals surface area (Å²) < 4.78 is 5.00. The average molecular weight is 331 g/mol. The smallest absolute Gasteiger partial charge is 0.249 e. The molecule has 0 spiro atoms. The maximum Gasteiger partial charge on any atom is 0.249 e. The second-order valence-electron chi connectivity index (χ2n) is 5.18. The van der Waals surface area contributed by atoms with E-state index in [2.05, 4.69) is 31.0 Å². The van der Waals surface area contributed by atoms with E-state index in [-0.39, 0.29) is 0 Å². The molecule has 3 rings (SSSR count). The Morgan fingerprint density at radius 1 is 1.04 bits per heavy atom. The van der Waals surface area contributed by atoms with Gasteiger partial charge in [-0.05, 0) is 38.0 Å². The fraction of sp³-hybridized carbons (Fsp3) is 0.200. The first kappa shape index (κ1) is 15.2. The molecule has 118 valence electrons. The molecule has 0 atom stereocenters. The number of anilines is 4. The van der Waals surface area contributed by atoms with E-state index in [1.165, 1.54) is 6.20 Å². The number of benzene rings is 1. The van der Waals surface area contributed by atoms with Crippen LogP contribution >= 0.6 is 11.6 Å². The Labute approximate surface area is 138 Å². The lowest BCUT2D eigenvalue weighted by molar-refractivity contribution is 0.400. The van der Waals surface area contributed by atoms with E-state index in [9.17, 15) is 0 Å². The summed E-state index contributed by atoms with van der Waals surface area (Å²) in [7, 11) is 0. The molecule has 3 aromatic rings. The van der Waals surface area contributed by atoms with E-state index < -0.39 is 0 Å². The molecule has 2 N–H and O–H groups in total. The van der Waals surface area contributed by atoms with Crippen molar-refractivity contribution in [2.75, 3.05) is 10.6 Å². The zero-order valence-corrected chi connectivity index (χ0v) is 13.6. The number of hydrogen-bond acceptors (Lipinski definition) is 7. The van der Waals surface area contributed by atoms with Gasteiger partial charge >= 0.3 is 0 Å². The van der Waals surface area contributed by atoms with Crippen LogP contribution in [0.1, 0.15) is 16.9 Å². The Hall–Kier alpha value is -2.67. The molecular formula is C15H15ClN6O. The quantitative estimate of drug-likeness (QED) is 0.749. The SMILES string of the molecule is Cc1cc(C)c(Nc2nncc(Nc3cc(C)on3)n2)c(Cl)c1. The second kappa shape index (κ2) is 6.21. The van der Waals surface area contributed by atoms with Crippen molar-refractivity contribution in [1.29, 1.82) is 0 Å². The Kier molecular flexibility index (Phi) is 4.12. The summed E-state index contributed by atoms with van der Waals surface area (Å²) >= 11 is 6.28. The van der Waals surface area contributed by atoms with Crippen LogP contribution in [0.3, 0.4) is 0 Å². The maximum absolute atomic E-state index is 6.28. The van der Waals surface area contributed by atoms with Gasteiger partial charge < -0.3 is 15.2 Å². The Morgan fingerprint density at radius 2 is 1.87 bits per heavy atom. The van der Waals surface area contributed by atoms with E-state index in [0.29, 0.717) is 28.4 Å². The molecule has 0 unspecified atom stereocenters. The van der Waals surface area contributed by atoms with Crippen LogP contribution in [0.4, 0.5) is 23.3 Å². The van der Waals surface area contributed by atoms with Crippen LogP contribution in [0, 0.1) is 20.8 Å². The summed E-state index contributed by atoms with van der Waals surface area (Å²) in [4.78, 5) is 4.34. The van der Waals surface area contributed by atoms with Gasteiger partial charge in [-0.3, -0.25) is 0 Å². The topological polar surface area (TPSA) is 88.8 Å². The van der Waals surface area contributed by atoms with Gasteiger partial charge in [-0.1, -0.05) is 22.8 Å². The van der Waals surface area contributed by atoms with Crippen LogP contribution in [-0.4, -0.2) is 20.3 Å². The van der Waals surface area contributed by atoms with Gasteiger partial charge in [-0.2, -0.15) is 10.1 Å². The fourth-order valence-corrected chi connectivity index (χ4v) is 2.53. The van der Waals surface area contributed by atoms with Crippen molar-refractivity contribution in [3.8, 4) is 0 Å². The van der Waals surface area contributed by atoms with Crippen molar-refractivity contribution in [2.45, 2.75) is 20.8 Å². The van der Waals surface area contributed by atoms with Crippen molar-refractivity contribution < 1.29 is 4.52 Å². The molecule has 23 heavy (non-hydrogen) atoms. The summed E-state index contributed by atoms with van der Waals surface area (Å²) in [5.74, 6) is 2.09. The van der Waals surface area contributed by atoms with Crippen molar-refractivity contribution in [2.24, 2.45) is 0 Å². The Balaban J connectivity index is 1.83. The highest BCUT2D eigenvalue weighted by Crippen LogP contribution is 2.29. The van der Waals surface area contributed by atoms with Crippen molar-refractivity contribution in [3.05, 3.63) is 46.3 Å². The largest absolute Gasteiger partial charge is 0.360 e. The van der Waals surface area contributed by atoms with E-state index in [1.54, 1.807) is 6.07 Å². The van der Waals surface area contributed by atoms with Crippen LogP contribution in [0.2, 0.25) is 5.02 Å². The number of rotatable bonds is 4. The predicted octanol–water partition coefficient (Wildman–Crippen LogP) is 3.93. The summed E-state index contributed by atoms with van der Waals surface area (Å²) in [6.45, 7) is 5.77. The van der Waals surface area contributed by atoms with Crippen LogP contribution < -0.4 is 10.6 Å². The molecule has 2 aromatic heterocycles. The van der Waals surface area contributed by atoms with Crippen LogP contribution in [0.5, 0.6) is 0 Å². The van der Waals surface area contributed by atoms with E-state index in [0.717, 1.165) is 16.8 Å². The monoisotopic (exact) mass is 330 g/mol. The minimum atomic E-state index is 0.337. The number of hydrogen-bond donors (Lipinski definition) is 2. The zero-order chi connectivity index (χ0) is 16.4. The van der Waals surface area contributed by atoms with Gasteiger partial charge in [0.05, 0.1) is 16.9 Å². The van der Waals surface area contributed by atoms with Crippen LogP contribution in [0.25, 0.3) is 0 Å². The normalized spacial score (nSPS) is 10.6. The third-order valence-corrected chi connectivity index (χ3v) is 3.41. The standard InChI is InChI=1S/C15H15ClN6O/c1-8-4-9(2)14(11(16)5-8)20-15-19-13(7-17-21-15)18-12-6-10(3)23-22-12/h4-7H,1-3H3,(H2,18,19,20,21,22). The molecule has 0 saturated heterocycles. The van der Waals surface area contributed by atoms with E-state index in [1.807, 2.05) is 32.9 Å². The van der Waals surface area contributed by atoms with Gasteiger partial charge in [0.25, 0.3) is 0 Å². The lowest BCUT2D eigenvalue weighted by atomic mass is 10.1. The highest BCUT2D eigenvalue weighted by atomic mass is 35.5. The summed E-state index contributed by atoms with van der Waals surface area (Å²) in [6, 6.07) is 5.67. The molecule has 7 nitrogen and oxygen atoms in total. The van der Waals surface area contributed by atoms with Gasteiger partial charge in [0, 0.05) is 6.07 Å². The van der Waals surface area contributed by atoms with Gasteiger partial charge in [-0.25, -0.2) is 0 Å². The summed E-state index contributed by atoms with van der Waals surface area (Å²) in [5.41, 5.74) is 2.85. The molecule has 0 aliphatic heterocycles. The Bertz CT molecular complexity index is 824. The number of nitrogens with zero attached hydrogens (tertiary/aromatic N) is 4. The lowest BCUT2D eigenvalue weighted by Crippen LogP contribution is -2.04. The number of nitrogens with one attached hydrogen (secondary N) is 2. The molecule has 0 saturated carbocycles. The molecule has 1 aromatic carbocycles. The molecule has 0 amide bonds. The number of halogens is 1. The van der Waals surface area contributed by atoms with Gasteiger partial charge in [-0.15, -0.1) is 5.10 Å². The summed E-state index contributed by atoms with van der Waals surface area (Å²) in [6.07, 6.45) is 1.50. The predicted molar refractivity (Wildman–Crippen MR) is 88.6 cm³/mol. The van der Waals surface area contributed by atoms with E-state index >= 15 is 0 Å². The van der Waals surface area contributed by atoms with Gasteiger partial charge in [0.2, 0.25) is 5.95 Å². The van der Waals surface area contributed by atoms with Crippen molar-refractivity contribution in [3.63, 3.8) is 0 Å².